The summed E-state index contributed by atoms with van der Waals surface area (Å²) in [4.78, 5) is 26.4. The van der Waals surface area contributed by atoms with Crippen molar-refractivity contribution < 1.29 is 23.5 Å². The van der Waals surface area contributed by atoms with Gasteiger partial charge in [-0.2, -0.15) is 0 Å². The lowest BCUT2D eigenvalue weighted by Crippen LogP contribution is -2.38. The van der Waals surface area contributed by atoms with E-state index >= 15 is 0 Å². The molecule has 0 radical (unpaired) electrons. The Morgan fingerprint density at radius 1 is 1.29 bits per heavy atom. The molecule has 1 heterocycles. The fourth-order valence-corrected chi connectivity index (χ4v) is 3.12. The summed E-state index contributed by atoms with van der Waals surface area (Å²) in [6.45, 7) is 2.53. The number of carbonyl (C=O) groups excluding carboxylic acids is 2. The van der Waals surface area contributed by atoms with E-state index < -0.39 is 6.10 Å². The lowest BCUT2D eigenvalue weighted by molar-refractivity contribution is -0.139. The van der Waals surface area contributed by atoms with Gasteiger partial charge < -0.3 is 19.7 Å². The molecule has 2 aromatic carbocycles. The highest BCUT2D eigenvalue weighted by Gasteiger charge is 2.30. The minimum Gasteiger partial charge on any atom is -0.480 e. The first-order chi connectivity index (χ1) is 13.5. The molecular formula is C21H23FN2O4. The number of hydrogen-bond acceptors (Lipinski definition) is 4. The molecule has 1 aliphatic rings. The summed E-state index contributed by atoms with van der Waals surface area (Å²) in [5.74, 6) is -0.0790. The molecule has 0 saturated heterocycles. The first-order valence-electron chi connectivity index (χ1n) is 9.11. The van der Waals surface area contributed by atoms with Crippen molar-refractivity contribution in [3.05, 3.63) is 59.4 Å². The van der Waals surface area contributed by atoms with Crippen LogP contribution in [0.5, 0.6) is 5.75 Å². The number of hydrogen-bond donors (Lipinski definition) is 1. The maximum Gasteiger partial charge on any atom is 0.264 e. The number of carbonyl (C=O) groups is 2. The van der Waals surface area contributed by atoms with Gasteiger partial charge in [0.15, 0.2) is 6.10 Å². The Morgan fingerprint density at radius 3 is 2.71 bits per heavy atom. The van der Waals surface area contributed by atoms with Gasteiger partial charge in [0.05, 0.1) is 0 Å². The Balaban J connectivity index is 1.86. The zero-order chi connectivity index (χ0) is 20.1. The summed E-state index contributed by atoms with van der Waals surface area (Å²) >= 11 is 0. The van der Waals surface area contributed by atoms with Gasteiger partial charge in [0.25, 0.3) is 5.91 Å². The molecule has 0 unspecified atom stereocenters. The number of methoxy groups -OCH3 is 1. The number of benzene rings is 2. The summed E-state index contributed by atoms with van der Waals surface area (Å²) in [5.41, 5.74) is 2.23. The largest absolute Gasteiger partial charge is 0.480 e. The second kappa shape index (κ2) is 8.84. The van der Waals surface area contributed by atoms with Gasteiger partial charge in [-0.15, -0.1) is 0 Å². The first kappa shape index (κ1) is 19.8. The van der Waals surface area contributed by atoms with E-state index in [9.17, 15) is 14.0 Å². The van der Waals surface area contributed by atoms with Crippen LogP contribution in [0.3, 0.4) is 0 Å². The minimum absolute atomic E-state index is 0.0410. The van der Waals surface area contributed by atoms with Crippen molar-refractivity contribution in [2.45, 2.75) is 32.5 Å². The molecular weight excluding hydrogens is 363 g/mol. The average Bonchev–Trinajstić information content (AvgIpc) is 2.80. The van der Waals surface area contributed by atoms with Crippen LogP contribution in [0.4, 0.5) is 10.1 Å². The Hall–Kier alpha value is -2.93. The van der Waals surface area contributed by atoms with Crippen LogP contribution in [0, 0.1) is 5.82 Å². The van der Waals surface area contributed by atoms with E-state index in [2.05, 4.69) is 5.32 Å². The minimum atomic E-state index is -0.587. The van der Waals surface area contributed by atoms with Gasteiger partial charge in [0.1, 0.15) is 18.2 Å². The Morgan fingerprint density at radius 2 is 2.04 bits per heavy atom. The Labute approximate surface area is 163 Å². The normalized spacial score (nSPS) is 16.2. The highest BCUT2D eigenvalue weighted by atomic mass is 19.1. The maximum absolute atomic E-state index is 13.2. The van der Waals surface area contributed by atoms with Crippen molar-refractivity contribution in [1.29, 1.82) is 0 Å². The lowest BCUT2D eigenvalue weighted by Gasteiger charge is -2.23. The van der Waals surface area contributed by atoms with Crippen molar-refractivity contribution in [3.8, 4) is 5.75 Å². The van der Waals surface area contributed by atoms with Crippen LogP contribution in [-0.2, 0) is 27.4 Å². The van der Waals surface area contributed by atoms with Crippen molar-refractivity contribution in [2.24, 2.45) is 0 Å². The second-order valence-electron chi connectivity index (χ2n) is 6.64. The quantitative estimate of drug-likeness (QED) is 0.828. The number of halogens is 1. The molecule has 1 N–H and O–H groups in total. The summed E-state index contributed by atoms with van der Waals surface area (Å²) in [6.07, 6.45) is -0.0551. The van der Waals surface area contributed by atoms with Gasteiger partial charge in [-0.3, -0.25) is 9.59 Å². The molecule has 2 aromatic rings. The molecule has 1 aliphatic heterocycles. The number of fused-ring (bicyclic) bond motifs is 1. The Kier molecular flexibility index (Phi) is 6.26. The summed E-state index contributed by atoms with van der Waals surface area (Å²) in [6, 6.07) is 11.4. The molecule has 0 aromatic heterocycles. The molecule has 3 rings (SSSR count). The topological polar surface area (TPSA) is 67.9 Å². The maximum atomic E-state index is 13.2. The van der Waals surface area contributed by atoms with Crippen LogP contribution in [0.25, 0.3) is 0 Å². The summed E-state index contributed by atoms with van der Waals surface area (Å²) < 4.78 is 23.9. The second-order valence-corrected chi connectivity index (χ2v) is 6.64. The third-order valence-corrected chi connectivity index (χ3v) is 4.49. The van der Waals surface area contributed by atoms with E-state index in [1.165, 1.54) is 19.2 Å². The van der Waals surface area contributed by atoms with Crippen LogP contribution in [0.2, 0.25) is 0 Å². The van der Waals surface area contributed by atoms with Crippen LogP contribution < -0.4 is 10.1 Å². The average molecular weight is 386 g/mol. The molecule has 7 heteroatoms. The van der Waals surface area contributed by atoms with E-state index in [4.69, 9.17) is 9.47 Å². The summed E-state index contributed by atoms with van der Waals surface area (Å²) in [7, 11) is 1.45. The number of anilines is 1. The lowest BCUT2D eigenvalue weighted by atomic mass is 10.1. The summed E-state index contributed by atoms with van der Waals surface area (Å²) in [5, 5.41) is 2.76. The molecule has 6 nitrogen and oxygen atoms in total. The monoisotopic (exact) mass is 386 g/mol. The van der Waals surface area contributed by atoms with Crippen LogP contribution >= 0.6 is 0 Å². The SMILES string of the molecule is CC[C@@H]1Oc2ccc(NC(=O)COC)cc2CN(Cc2ccc(F)cc2)C1=O. The molecule has 2 amide bonds. The number of nitrogens with zero attached hydrogens (tertiary/aromatic N) is 1. The number of nitrogens with one attached hydrogen (secondary N) is 1. The standard InChI is InChI=1S/C21H23FN2O4/c1-3-18-21(26)24(11-14-4-6-16(22)7-5-14)12-15-10-17(8-9-19(15)28-18)23-20(25)13-27-2/h4-10,18H,3,11-13H2,1-2H3,(H,23,25)/t18-/m0/s1. The number of rotatable bonds is 6. The molecule has 148 valence electrons. The van der Waals surface area contributed by atoms with Crippen LogP contribution in [0.15, 0.2) is 42.5 Å². The molecule has 0 saturated carbocycles. The molecule has 0 aliphatic carbocycles. The molecule has 0 spiro atoms. The van der Waals surface area contributed by atoms with E-state index in [0.29, 0.717) is 30.9 Å². The van der Waals surface area contributed by atoms with Gasteiger partial charge in [0, 0.05) is 31.5 Å². The molecule has 1 atom stereocenters. The highest BCUT2D eigenvalue weighted by molar-refractivity contribution is 5.92. The fourth-order valence-electron chi connectivity index (χ4n) is 3.12. The van der Waals surface area contributed by atoms with Crippen molar-refractivity contribution >= 4 is 17.5 Å². The van der Waals surface area contributed by atoms with Crippen molar-refractivity contribution in [1.82, 2.24) is 4.90 Å². The van der Waals surface area contributed by atoms with Gasteiger partial charge >= 0.3 is 0 Å². The van der Waals surface area contributed by atoms with Crippen LogP contribution in [-0.4, -0.2) is 36.5 Å². The fraction of sp³-hybridized carbons (Fsp3) is 0.333. The van der Waals surface area contributed by atoms with Gasteiger partial charge in [-0.25, -0.2) is 4.39 Å². The van der Waals surface area contributed by atoms with E-state index in [1.807, 2.05) is 6.92 Å². The van der Waals surface area contributed by atoms with Crippen molar-refractivity contribution in [2.75, 3.05) is 19.0 Å². The van der Waals surface area contributed by atoms with E-state index in [1.54, 1.807) is 35.2 Å². The first-order valence-corrected chi connectivity index (χ1v) is 9.11. The third-order valence-electron chi connectivity index (χ3n) is 4.49. The highest BCUT2D eigenvalue weighted by Crippen LogP contribution is 2.30. The molecule has 0 bridgehead atoms. The van der Waals surface area contributed by atoms with Crippen LogP contribution in [0.1, 0.15) is 24.5 Å². The van der Waals surface area contributed by atoms with Gasteiger partial charge in [-0.1, -0.05) is 19.1 Å². The number of ether oxygens (including phenoxy) is 2. The predicted octanol–water partition coefficient (Wildman–Crippen LogP) is 3.11. The zero-order valence-electron chi connectivity index (χ0n) is 15.9. The number of amides is 2. The van der Waals surface area contributed by atoms with E-state index in [-0.39, 0.29) is 24.2 Å². The predicted molar refractivity (Wildman–Crippen MR) is 102 cm³/mol. The van der Waals surface area contributed by atoms with Crippen molar-refractivity contribution in [3.63, 3.8) is 0 Å². The smallest absolute Gasteiger partial charge is 0.264 e. The van der Waals surface area contributed by atoms with Gasteiger partial charge in [0.2, 0.25) is 5.91 Å². The Bertz CT molecular complexity index is 854. The molecule has 28 heavy (non-hydrogen) atoms. The molecule has 0 fully saturated rings. The van der Waals surface area contributed by atoms with E-state index in [0.717, 1.165) is 11.1 Å². The zero-order valence-corrected chi connectivity index (χ0v) is 15.9. The van der Waals surface area contributed by atoms with Gasteiger partial charge in [-0.05, 0) is 42.3 Å². The third kappa shape index (κ3) is 4.67.